The lowest BCUT2D eigenvalue weighted by molar-refractivity contribution is 0.484. The van der Waals surface area contributed by atoms with E-state index in [1.54, 1.807) is 0 Å². The third kappa shape index (κ3) is 6.59. The molecule has 0 atom stereocenters. The van der Waals surface area contributed by atoms with Crippen molar-refractivity contribution in [1.29, 1.82) is 0 Å². The summed E-state index contributed by atoms with van der Waals surface area (Å²) in [6, 6.07) is 55.0. The number of hydrogen-bond acceptors (Lipinski definition) is 3. The van der Waals surface area contributed by atoms with Crippen LogP contribution in [0.3, 0.4) is 0 Å². The first kappa shape index (κ1) is 40.5. The van der Waals surface area contributed by atoms with Crippen LogP contribution in [0.2, 0.25) is 0 Å². The van der Waals surface area contributed by atoms with Crippen molar-refractivity contribution in [3.63, 3.8) is 0 Å². The van der Waals surface area contributed by atoms with Gasteiger partial charge < -0.3 is 4.74 Å². The Balaban J connectivity index is 1.22. The van der Waals surface area contributed by atoms with Crippen molar-refractivity contribution in [1.82, 2.24) is 18.9 Å². The highest BCUT2D eigenvalue weighted by atomic mass is 16.5. The van der Waals surface area contributed by atoms with E-state index in [9.17, 15) is 0 Å². The number of imidazole rings is 1. The van der Waals surface area contributed by atoms with Crippen LogP contribution in [0.5, 0.6) is 11.5 Å². The first-order valence-electron chi connectivity index (χ1n) is 23.3. The topological polar surface area (TPSA) is 44.3 Å². The quantitative estimate of drug-likeness (QED) is 0.136. The van der Waals surface area contributed by atoms with Crippen LogP contribution in [0.4, 0.5) is 0 Å². The van der Waals surface area contributed by atoms with Gasteiger partial charge in [-0.25, -0.2) is 9.97 Å². The Morgan fingerprint density at radius 3 is 1.69 bits per heavy atom. The maximum Gasteiger partial charge on any atom is 0.146 e. The van der Waals surface area contributed by atoms with Crippen molar-refractivity contribution in [2.75, 3.05) is 0 Å². The van der Waals surface area contributed by atoms with Crippen LogP contribution in [0.15, 0.2) is 158 Å². The average molecular weight is 847 g/mol. The van der Waals surface area contributed by atoms with Gasteiger partial charge in [-0.2, -0.15) is 0 Å². The molecule has 7 aromatic carbocycles. The summed E-state index contributed by atoms with van der Waals surface area (Å²) < 4.78 is 11.6. The van der Waals surface area contributed by atoms with Gasteiger partial charge in [-0.3, -0.25) is 8.97 Å². The minimum Gasteiger partial charge on any atom is -0.457 e. The minimum absolute atomic E-state index is 0.316. The number of rotatable bonds is 9. The first-order chi connectivity index (χ1) is 31.6. The van der Waals surface area contributed by atoms with Crippen molar-refractivity contribution >= 4 is 60.2 Å². The fourth-order valence-electron chi connectivity index (χ4n) is 10.5. The molecular weight excluding hydrogens is 793 g/mol. The summed E-state index contributed by atoms with van der Waals surface area (Å²) in [5.74, 6) is 3.70. The van der Waals surface area contributed by atoms with Gasteiger partial charge in [-0.15, -0.1) is 0 Å². The number of ether oxygens (including phenoxy) is 1. The summed E-state index contributed by atoms with van der Waals surface area (Å²) in [6.45, 7) is 18.6. The van der Waals surface area contributed by atoms with E-state index in [0.29, 0.717) is 23.7 Å². The normalized spacial score (nSPS) is 12.2. The maximum atomic E-state index is 6.90. The molecule has 0 N–H and O–H groups in total. The number of para-hydroxylation sites is 3. The highest BCUT2D eigenvalue weighted by Crippen LogP contribution is 2.47. The van der Waals surface area contributed by atoms with Gasteiger partial charge in [0.2, 0.25) is 0 Å². The summed E-state index contributed by atoms with van der Waals surface area (Å²) in [4.78, 5) is 10.2. The molecule has 0 spiro atoms. The molecule has 0 aliphatic heterocycles. The zero-order valence-electron chi connectivity index (χ0n) is 38.5. The van der Waals surface area contributed by atoms with E-state index in [1.807, 2.05) is 18.3 Å². The lowest BCUT2D eigenvalue weighted by Crippen LogP contribution is -2.04. The highest BCUT2D eigenvalue weighted by Gasteiger charge is 2.26. The van der Waals surface area contributed by atoms with E-state index < -0.39 is 0 Å². The molecule has 0 unspecified atom stereocenters. The Kier molecular flexibility index (Phi) is 9.84. The van der Waals surface area contributed by atoms with Crippen molar-refractivity contribution < 1.29 is 4.74 Å². The lowest BCUT2D eigenvalue weighted by Gasteiger charge is -2.25. The number of nitrogens with zero attached hydrogens (tertiary/aromatic N) is 4. The maximum absolute atomic E-state index is 6.90. The molecule has 11 rings (SSSR count). The van der Waals surface area contributed by atoms with Gasteiger partial charge in [0.15, 0.2) is 0 Å². The standard InChI is InChI=1S/C60H54N4O/c1-35(2)42-18-15-19-43(36(3)4)57(42)39-31-49-46-28-26-40(65-41-27-29-48-47-17-9-11-23-53(47)63(55(48)34-41)56-25-13-14-30-61-56)33-50(46)60-62-52-22-10-12-24-54(52)64(60)59(49)51(32-39)58-44(37(5)6)20-16-21-45(58)38(7)8/h9-38H,1-8H3. The summed E-state index contributed by atoms with van der Waals surface area (Å²) in [7, 11) is 0. The molecule has 5 nitrogen and oxygen atoms in total. The molecule has 320 valence electrons. The second kappa shape index (κ2) is 15.8. The van der Waals surface area contributed by atoms with Crippen LogP contribution in [-0.4, -0.2) is 18.9 Å². The molecule has 5 heteroatoms. The van der Waals surface area contributed by atoms with Crippen LogP contribution >= 0.6 is 0 Å². The van der Waals surface area contributed by atoms with Crippen LogP contribution in [-0.2, 0) is 0 Å². The second-order valence-corrected chi connectivity index (χ2v) is 19.0. The van der Waals surface area contributed by atoms with Crippen LogP contribution in [0.25, 0.3) is 88.2 Å². The number of benzene rings is 7. The third-order valence-electron chi connectivity index (χ3n) is 13.5. The predicted octanol–water partition coefficient (Wildman–Crippen LogP) is 16.9. The molecule has 65 heavy (non-hydrogen) atoms. The minimum atomic E-state index is 0.316. The van der Waals surface area contributed by atoms with Gasteiger partial charge in [0.05, 0.1) is 27.6 Å². The smallest absolute Gasteiger partial charge is 0.146 e. The van der Waals surface area contributed by atoms with E-state index >= 15 is 0 Å². The highest BCUT2D eigenvalue weighted by molar-refractivity contribution is 6.19. The molecule has 0 aliphatic rings. The van der Waals surface area contributed by atoms with Gasteiger partial charge in [-0.1, -0.05) is 128 Å². The fraction of sp³-hybridized carbons (Fsp3) is 0.200. The molecular formula is C60H54N4O. The summed E-state index contributed by atoms with van der Waals surface area (Å²) in [6.07, 6.45) is 1.85. The molecule has 0 amide bonds. The summed E-state index contributed by atoms with van der Waals surface area (Å²) >= 11 is 0. The van der Waals surface area contributed by atoms with Crippen molar-refractivity contribution in [3.8, 4) is 39.6 Å². The zero-order chi connectivity index (χ0) is 44.7. The van der Waals surface area contributed by atoms with Crippen LogP contribution in [0.1, 0.15) is 101 Å². The average Bonchev–Trinajstić information content (AvgIpc) is 3.87. The SMILES string of the molecule is CC(C)c1cccc(C(C)C)c1-c1cc(-c2c(C(C)C)cccc2C(C)C)c2c(c1)c1ccc(Oc3ccc4c5ccccc5n(-c5ccccn5)c4c3)cc1c1nc3ccccc3n12. The Hall–Kier alpha value is -7.24. The number of pyridine rings is 2. The first-order valence-corrected chi connectivity index (χ1v) is 23.3. The van der Waals surface area contributed by atoms with E-state index in [0.717, 1.165) is 61.2 Å². The Morgan fingerprint density at radius 2 is 1.03 bits per heavy atom. The molecule has 0 saturated carbocycles. The van der Waals surface area contributed by atoms with E-state index in [1.165, 1.54) is 60.8 Å². The van der Waals surface area contributed by atoms with Crippen LogP contribution in [0, 0.1) is 0 Å². The number of hydrogen-bond donors (Lipinski definition) is 0. The monoisotopic (exact) mass is 846 g/mol. The number of fused-ring (bicyclic) bond motifs is 11. The largest absolute Gasteiger partial charge is 0.457 e. The Morgan fingerprint density at radius 1 is 0.446 bits per heavy atom. The van der Waals surface area contributed by atoms with Gasteiger partial charge >= 0.3 is 0 Å². The van der Waals surface area contributed by atoms with Gasteiger partial charge in [-0.05, 0) is 141 Å². The Labute approximate surface area is 381 Å². The molecule has 4 heterocycles. The lowest BCUT2D eigenvalue weighted by atomic mass is 9.80. The molecule has 0 aliphatic carbocycles. The third-order valence-corrected chi connectivity index (χ3v) is 13.5. The molecule has 0 saturated heterocycles. The Bertz CT molecular complexity index is 3590. The van der Waals surface area contributed by atoms with Crippen molar-refractivity contribution in [3.05, 3.63) is 180 Å². The van der Waals surface area contributed by atoms with Crippen molar-refractivity contribution in [2.24, 2.45) is 0 Å². The van der Waals surface area contributed by atoms with E-state index in [2.05, 4.69) is 204 Å². The van der Waals surface area contributed by atoms with E-state index in [4.69, 9.17) is 14.7 Å². The van der Waals surface area contributed by atoms with Gasteiger partial charge in [0, 0.05) is 39.4 Å². The molecule has 0 bridgehead atoms. The molecule has 11 aromatic rings. The molecule has 4 aromatic heterocycles. The fourth-order valence-corrected chi connectivity index (χ4v) is 10.5. The summed E-state index contributed by atoms with van der Waals surface area (Å²) in [5.41, 5.74) is 16.9. The predicted molar refractivity (Wildman–Crippen MR) is 274 cm³/mol. The second-order valence-electron chi connectivity index (χ2n) is 19.0. The summed E-state index contributed by atoms with van der Waals surface area (Å²) in [5, 5.41) is 5.71. The molecule has 0 fully saturated rings. The van der Waals surface area contributed by atoms with Gasteiger partial charge in [0.25, 0.3) is 0 Å². The zero-order valence-corrected chi connectivity index (χ0v) is 38.5. The van der Waals surface area contributed by atoms with Crippen LogP contribution < -0.4 is 4.74 Å². The van der Waals surface area contributed by atoms with Gasteiger partial charge in [0.1, 0.15) is 23.0 Å². The van der Waals surface area contributed by atoms with E-state index in [-0.39, 0.29) is 0 Å². The molecule has 0 radical (unpaired) electrons. The van der Waals surface area contributed by atoms with Crippen molar-refractivity contribution in [2.45, 2.75) is 79.1 Å². The number of aromatic nitrogens is 4.